The number of carboxylic acids is 1. The van der Waals surface area contributed by atoms with Crippen LogP contribution in [0.4, 0.5) is 0 Å². The van der Waals surface area contributed by atoms with Crippen LogP contribution in [0.25, 0.3) is 0 Å². The number of carboxylic acid groups (broad SMARTS) is 1. The van der Waals surface area contributed by atoms with E-state index in [1.165, 1.54) is 100 Å². The molecule has 0 aromatic heterocycles. The zero-order valence-electron chi connectivity index (χ0n) is 69.5. The molecule has 15 amide bonds. The number of primary amides is 1. The lowest BCUT2D eigenvalue weighted by atomic mass is 9.98. The van der Waals surface area contributed by atoms with E-state index >= 15 is 19.2 Å². The Bertz CT molecular complexity index is 4380. The molecule has 0 aliphatic carbocycles. The van der Waals surface area contributed by atoms with Gasteiger partial charge in [-0.3, -0.25) is 76.7 Å². The topological polar surface area (TPSA) is 484 Å². The van der Waals surface area contributed by atoms with Gasteiger partial charge in [-0.2, -0.15) is 0 Å². The molecule has 0 spiro atoms. The Morgan fingerprint density at radius 2 is 0.900 bits per heavy atom. The van der Waals surface area contributed by atoms with E-state index in [1.54, 1.807) is 119 Å². The molecule has 0 bridgehead atoms. The number of carbonyl (C=O) groups is 16. The van der Waals surface area contributed by atoms with Crippen LogP contribution in [0.15, 0.2) is 140 Å². The summed E-state index contributed by atoms with van der Waals surface area (Å²) in [5.74, 6) is -17.2. The van der Waals surface area contributed by atoms with Crippen LogP contribution in [0.2, 0.25) is 0 Å². The maximum atomic E-state index is 15.4. The first-order chi connectivity index (χ1) is 56.8. The molecule has 5 aromatic rings. The molecule has 1 saturated heterocycles. The molecule has 648 valence electrons. The largest absolute Gasteiger partial charge is 0.508 e. The highest BCUT2D eigenvalue weighted by atomic mass is 32.2. The standard InChI is InChI=1S/C85H113N15O19S/c1-12-13-29-66-83(117)97(8)47-71(105)89-62(44-73(107)108)79(113)95-74(51(4)5)85(119)99(10)67(42-54-25-19-15-20-26-54)80(114)93-63(41-57-32-36-59(102)37-33-57)81(115)96(7)46-70(104)88-52(6)75(109)91-61(39-56-30-34-58(101)35-31-56)78(112)92-60(38-50(2)3)77(111)94-65(76(110)87-45-69(86)103)48-120-49-72(106)90-64(40-53-23-17-14-18-24-53)82(116)100(11)68(84(118)98(66)9)43-55-27-21-16-22-28-55/h14-28,30-37,50-52,60-68,74,101-102H,12-13,29,38-49H2,1-11H3,(H2,86,103)(H,87,110)(H,88,104)(H,89,105)(H,90,106)(H,91,109)(H,92,112)(H,93,114)(H,94,111)(H,95,113)(H,107,108)/t52-,60-,61-,62-,63-,64-,65+,66-,67-,68-,74-/m0/s1. The number of aromatic hydroxyl groups is 2. The predicted octanol–water partition coefficient (Wildman–Crippen LogP) is 0.622. The Hall–Kier alpha value is -12.4. The van der Waals surface area contributed by atoms with E-state index in [0.29, 0.717) is 40.7 Å². The number of phenolic OH excluding ortho intramolecular Hbond substituents is 2. The third kappa shape index (κ3) is 30.5. The number of unbranched alkanes of at least 4 members (excludes halogenated alkanes) is 1. The summed E-state index contributed by atoms with van der Waals surface area (Å²) in [6.45, 7) is 7.49. The van der Waals surface area contributed by atoms with Crippen LogP contribution in [-0.2, 0) is 109 Å². The van der Waals surface area contributed by atoms with Crippen molar-refractivity contribution in [1.29, 1.82) is 0 Å². The van der Waals surface area contributed by atoms with Gasteiger partial charge in [-0.1, -0.05) is 163 Å². The van der Waals surface area contributed by atoms with E-state index in [4.69, 9.17) is 5.73 Å². The van der Waals surface area contributed by atoms with Crippen LogP contribution in [0.5, 0.6) is 11.5 Å². The quantitative estimate of drug-likeness (QED) is 0.0479. The van der Waals surface area contributed by atoms with E-state index in [0.717, 1.165) is 26.5 Å². The molecular weight excluding hydrogens is 1570 g/mol. The summed E-state index contributed by atoms with van der Waals surface area (Å²) in [4.78, 5) is 236. The lowest BCUT2D eigenvalue weighted by molar-refractivity contribution is -0.151. The molecule has 0 radical (unpaired) electrons. The van der Waals surface area contributed by atoms with E-state index < -0.39 is 199 Å². The predicted molar refractivity (Wildman–Crippen MR) is 446 cm³/mol. The summed E-state index contributed by atoms with van der Waals surface area (Å²) in [7, 11) is 6.51. The molecule has 11 atom stereocenters. The number of hydrogen-bond donors (Lipinski definition) is 13. The maximum Gasteiger partial charge on any atom is 0.305 e. The third-order valence-corrected chi connectivity index (χ3v) is 21.1. The second kappa shape index (κ2) is 47.2. The summed E-state index contributed by atoms with van der Waals surface area (Å²) in [6, 6.07) is 20.4. The average Bonchev–Trinajstić information content (AvgIpc) is 0.813. The number of carbonyl (C=O) groups excluding carboxylic acids is 15. The van der Waals surface area contributed by atoms with E-state index in [9.17, 15) is 72.9 Å². The van der Waals surface area contributed by atoms with E-state index in [2.05, 4.69) is 47.9 Å². The molecular formula is C85H113N15O19S. The number of rotatable bonds is 21. The highest BCUT2D eigenvalue weighted by molar-refractivity contribution is 8.00. The second-order valence-corrected chi connectivity index (χ2v) is 31.7. The fraction of sp³-hybridized carbons (Fsp3) is 0.459. The second-order valence-electron chi connectivity index (χ2n) is 30.7. The van der Waals surface area contributed by atoms with Crippen molar-refractivity contribution in [2.45, 2.75) is 172 Å². The van der Waals surface area contributed by atoms with Crippen molar-refractivity contribution < 1.29 is 92.0 Å². The van der Waals surface area contributed by atoms with Crippen LogP contribution in [-0.4, -0.2) is 267 Å². The molecule has 0 saturated carbocycles. The minimum atomic E-state index is -1.89. The van der Waals surface area contributed by atoms with Crippen molar-refractivity contribution in [3.8, 4) is 11.5 Å². The SMILES string of the molecule is CCCC[C@H]1C(=O)N(C)CC(=O)N[C@@H](CC(=O)O)C(=O)N[C@@H](C(C)C)C(=O)N(C)[C@@H](Cc2ccccc2)C(=O)N[C@@H](Cc2ccc(O)cc2)C(=O)N(C)CC(=O)N[C@@H](C)C(=O)N[C@@H](Cc2ccc(O)cc2)C(=O)N[C@@H](CC(C)C)C(=O)N[C@@H](C(=O)NCC(N)=O)CSCC(=O)N[C@@H](Cc2ccccc2)C(=O)N(C)[C@@H](Cc2ccccc2)C(=O)N1C. The summed E-state index contributed by atoms with van der Waals surface area (Å²) in [5.41, 5.74) is 7.93. The highest BCUT2D eigenvalue weighted by Gasteiger charge is 2.42. The third-order valence-electron chi connectivity index (χ3n) is 20.1. The van der Waals surface area contributed by atoms with Gasteiger partial charge in [0, 0.05) is 73.1 Å². The first kappa shape index (κ1) is 96.4. The van der Waals surface area contributed by atoms with Crippen LogP contribution < -0.4 is 53.6 Å². The summed E-state index contributed by atoms with van der Waals surface area (Å²) in [6.07, 6.45) is -1.16. The Morgan fingerprint density at radius 1 is 0.467 bits per heavy atom. The fourth-order valence-electron chi connectivity index (χ4n) is 13.4. The number of aliphatic carboxylic acids is 1. The molecule has 1 aliphatic rings. The number of nitrogens with one attached hydrogen (secondary N) is 9. The first-order valence-electron chi connectivity index (χ1n) is 39.6. The van der Waals surface area contributed by atoms with Crippen molar-refractivity contribution in [2.75, 3.05) is 66.4 Å². The lowest BCUT2D eigenvalue weighted by Crippen LogP contribution is -2.61. The molecule has 35 heteroatoms. The number of likely N-dealkylation sites (N-methyl/N-ethyl adjacent to an activating group) is 5. The number of nitrogens with two attached hydrogens (primary N) is 1. The Morgan fingerprint density at radius 3 is 1.41 bits per heavy atom. The number of benzene rings is 5. The van der Waals surface area contributed by atoms with Crippen LogP contribution in [0.1, 0.15) is 101 Å². The van der Waals surface area contributed by atoms with E-state index in [-0.39, 0.29) is 68.1 Å². The fourth-order valence-corrected chi connectivity index (χ4v) is 14.2. The number of nitrogens with zero attached hydrogens (tertiary/aromatic N) is 5. The van der Waals surface area contributed by atoms with Gasteiger partial charge in [0.1, 0.15) is 78.0 Å². The molecule has 120 heavy (non-hydrogen) atoms. The van der Waals surface area contributed by atoms with Crippen LogP contribution >= 0.6 is 11.8 Å². The van der Waals surface area contributed by atoms with Crippen molar-refractivity contribution in [3.63, 3.8) is 0 Å². The van der Waals surface area contributed by atoms with Crippen LogP contribution in [0.3, 0.4) is 0 Å². The van der Waals surface area contributed by atoms with Gasteiger partial charge >= 0.3 is 5.97 Å². The van der Waals surface area contributed by atoms with Gasteiger partial charge in [-0.25, -0.2) is 0 Å². The van der Waals surface area contributed by atoms with Crippen molar-refractivity contribution in [1.82, 2.24) is 72.4 Å². The van der Waals surface area contributed by atoms with Gasteiger partial charge in [-0.05, 0) is 83.7 Å². The van der Waals surface area contributed by atoms with Gasteiger partial charge in [0.15, 0.2) is 0 Å². The van der Waals surface area contributed by atoms with Gasteiger partial charge in [0.05, 0.1) is 31.8 Å². The van der Waals surface area contributed by atoms with Gasteiger partial charge < -0.3 is 93.4 Å². The maximum absolute atomic E-state index is 15.4. The Balaban J connectivity index is 1.44. The van der Waals surface area contributed by atoms with Gasteiger partial charge in [0.25, 0.3) is 0 Å². The monoisotopic (exact) mass is 1680 g/mol. The number of thioether (sulfide) groups is 1. The molecule has 1 heterocycles. The Kier molecular flexibility index (Phi) is 37.9. The van der Waals surface area contributed by atoms with Crippen molar-refractivity contribution in [3.05, 3.63) is 167 Å². The minimum absolute atomic E-state index is 0.0344. The number of hydrogen-bond acceptors (Lipinski definition) is 19. The van der Waals surface area contributed by atoms with Crippen LogP contribution in [0, 0.1) is 11.8 Å². The zero-order valence-corrected chi connectivity index (χ0v) is 70.3. The summed E-state index contributed by atoms with van der Waals surface area (Å²) < 4.78 is 0. The Labute approximate surface area is 702 Å². The first-order valence-corrected chi connectivity index (χ1v) is 40.7. The lowest BCUT2D eigenvalue weighted by Gasteiger charge is -2.37. The van der Waals surface area contributed by atoms with Gasteiger partial charge in [-0.15, -0.1) is 11.8 Å². The summed E-state index contributed by atoms with van der Waals surface area (Å²) >= 11 is 0.829. The van der Waals surface area contributed by atoms with Crippen molar-refractivity contribution in [2.24, 2.45) is 17.6 Å². The molecule has 1 fully saturated rings. The summed E-state index contributed by atoms with van der Waals surface area (Å²) in [5, 5.41) is 54.0. The number of phenols is 2. The normalized spacial score (nSPS) is 22.6. The molecule has 1 aliphatic heterocycles. The molecule has 5 aromatic carbocycles. The smallest absolute Gasteiger partial charge is 0.305 e. The zero-order chi connectivity index (χ0) is 88.6. The van der Waals surface area contributed by atoms with Crippen molar-refractivity contribution >= 4 is 106 Å². The van der Waals surface area contributed by atoms with Gasteiger partial charge in [0.2, 0.25) is 88.6 Å². The van der Waals surface area contributed by atoms with E-state index in [1.807, 2.05) is 6.92 Å². The number of amides is 15. The molecule has 14 N–H and O–H groups in total. The molecule has 0 unspecified atom stereocenters. The molecule has 6 rings (SSSR count). The highest BCUT2D eigenvalue weighted by Crippen LogP contribution is 2.23. The minimum Gasteiger partial charge on any atom is -0.508 e. The molecule has 34 nitrogen and oxygen atoms in total. The average molecular weight is 1680 g/mol.